The Hall–Kier alpha value is -1.26. The quantitative estimate of drug-likeness (QED) is 0.941. The Bertz CT molecular complexity index is 557. The molecule has 0 saturated carbocycles. The second-order valence-electron chi connectivity index (χ2n) is 4.07. The zero-order valence-corrected chi connectivity index (χ0v) is 11.6. The summed E-state index contributed by atoms with van der Waals surface area (Å²) in [6.07, 6.45) is 4.29. The second kappa shape index (κ2) is 5.59. The molecule has 94 valence electrons. The van der Waals surface area contributed by atoms with Gasteiger partial charge >= 0.3 is 0 Å². The first kappa shape index (κ1) is 13.2. The van der Waals surface area contributed by atoms with E-state index >= 15 is 0 Å². The van der Waals surface area contributed by atoms with Crippen LogP contribution < -0.4 is 5.73 Å². The summed E-state index contributed by atoms with van der Waals surface area (Å²) in [7, 11) is 0. The predicted molar refractivity (Wildman–Crippen MR) is 73.7 cm³/mol. The third kappa shape index (κ3) is 2.60. The predicted octanol–water partition coefficient (Wildman–Crippen LogP) is 3.59. The molecule has 18 heavy (non-hydrogen) atoms. The van der Waals surface area contributed by atoms with Crippen LogP contribution in [0.15, 0.2) is 41.1 Å². The van der Waals surface area contributed by atoms with Gasteiger partial charge in [0.2, 0.25) is 0 Å². The number of nitrogens with two attached hydrogens (primary N) is 1. The van der Waals surface area contributed by atoms with E-state index in [0.717, 1.165) is 22.0 Å². The highest BCUT2D eigenvalue weighted by Crippen LogP contribution is 2.27. The van der Waals surface area contributed by atoms with E-state index in [2.05, 4.69) is 20.9 Å². The fourth-order valence-corrected chi connectivity index (χ4v) is 2.34. The molecule has 1 aromatic heterocycles. The molecule has 0 radical (unpaired) electrons. The Morgan fingerprint density at radius 2 is 2.11 bits per heavy atom. The molecule has 0 aliphatic rings. The van der Waals surface area contributed by atoms with Crippen molar-refractivity contribution >= 4 is 15.9 Å². The lowest BCUT2D eigenvalue weighted by atomic mass is 9.95. The number of aromatic nitrogens is 1. The minimum absolute atomic E-state index is 0.287. The topological polar surface area (TPSA) is 38.9 Å². The van der Waals surface area contributed by atoms with Crippen molar-refractivity contribution in [3.05, 3.63) is 63.6 Å². The van der Waals surface area contributed by atoms with Crippen molar-refractivity contribution in [2.45, 2.75) is 19.4 Å². The maximum atomic E-state index is 13.8. The molecule has 1 atom stereocenters. The van der Waals surface area contributed by atoms with Crippen molar-refractivity contribution in [1.29, 1.82) is 0 Å². The zero-order valence-electron chi connectivity index (χ0n) is 10.0. The number of pyridine rings is 1. The van der Waals surface area contributed by atoms with E-state index in [4.69, 9.17) is 5.73 Å². The normalized spacial score (nSPS) is 12.4. The van der Waals surface area contributed by atoms with Crippen LogP contribution in [-0.2, 0) is 6.42 Å². The lowest BCUT2D eigenvalue weighted by molar-refractivity contribution is 0.598. The molecule has 0 aliphatic heterocycles. The summed E-state index contributed by atoms with van der Waals surface area (Å²) in [5.41, 5.74) is 8.63. The maximum absolute atomic E-state index is 13.8. The molecule has 0 aliphatic carbocycles. The van der Waals surface area contributed by atoms with Crippen LogP contribution in [-0.4, -0.2) is 4.98 Å². The van der Waals surface area contributed by atoms with Gasteiger partial charge in [0.05, 0.1) is 6.04 Å². The Kier molecular flexibility index (Phi) is 4.09. The van der Waals surface area contributed by atoms with E-state index in [0.29, 0.717) is 5.56 Å². The van der Waals surface area contributed by atoms with Gasteiger partial charge in [0.25, 0.3) is 0 Å². The second-order valence-corrected chi connectivity index (χ2v) is 4.99. The number of rotatable bonds is 3. The number of nitrogens with zero attached hydrogens (tertiary/aromatic N) is 1. The van der Waals surface area contributed by atoms with Crippen molar-refractivity contribution in [2.24, 2.45) is 5.73 Å². The summed E-state index contributed by atoms with van der Waals surface area (Å²) in [6.45, 7) is 2.03. The van der Waals surface area contributed by atoms with Crippen LogP contribution in [0.3, 0.4) is 0 Å². The lowest BCUT2D eigenvalue weighted by Gasteiger charge is -2.16. The molecule has 2 nitrogen and oxygen atoms in total. The van der Waals surface area contributed by atoms with Gasteiger partial charge in [-0.15, -0.1) is 0 Å². The molecule has 0 saturated heterocycles. The van der Waals surface area contributed by atoms with E-state index in [9.17, 15) is 4.39 Å². The number of hydrogen-bond donors (Lipinski definition) is 1. The van der Waals surface area contributed by atoms with Gasteiger partial charge in [-0.2, -0.15) is 0 Å². The summed E-state index contributed by atoms with van der Waals surface area (Å²) in [5, 5.41) is 0. The smallest absolute Gasteiger partial charge is 0.128 e. The van der Waals surface area contributed by atoms with Crippen molar-refractivity contribution in [3.63, 3.8) is 0 Å². The highest BCUT2D eigenvalue weighted by molar-refractivity contribution is 9.10. The number of aryl methyl sites for hydroxylation is 1. The maximum Gasteiger partial charge on any atom is 0.128 e. The Morgan fingerprint density at radius 3 is 2.83 bits per heavy atom. The first-order chi connectivity index (χ1) is 8.63. The lowest BCUT2D eigenvalue weighted by Crippen LogP contribution is -2.15. The molecule has 0 spiro atoms. The summed E-state index contributed by atoms with van der Waals surface area (Å²) in [4.78, 5) is 4.07. The molecule has 0 bridgehead atoms. The highest BCUT2D eigenvalue weighted by atomic mass is 79.9. The van der Waals surface area contributed by atoms with Gasteiger partial charge in [0.15, 0.2) is 0 Å². The summed E-state index contributed by atoms with van der Waals surface area (Å²) in [5.74, 6) is -0.287. The molecule has 2 aromatic rings. The van der Waals surface area contributed by atoms with Crippen LogP contribution in [0, 0.1) is 5.82 Å². The van der Waals surface area contributed by atoms with Crippen LogP contribution in [0.5, 0.6) is 0 Å². The molecule has 1 aromatic carbocycles. The van der Waals surface area contributed by atoms with Gasteiger partial charge in [-0.1, -0.05) is 22.9 Å². The minimum atomic E-state index is -0.472. The van der Waals surface area contributed by atoms with E-state index < -0.39 is 6.04 Å². The summed E-state index contributed by atoms with van der Waals surface area (Å²) >= 11 is 3.34. The van der Waals surface area contributed by atoms with Gasteiger partial charge in [-0.05, 0) is 41.8 Å². The van der Waals surface area contributed by atoms with Gasteiger partial charge in [-0.3, -0.25) is 4.98 Å². The molecule has 1 unspecified atom stereocenters. The van der Waals surface area contributed by atoms with E-state index in [1.54, 1.807) is 24.5 Å². The van der Waals surface area contributed by atoms with Crippen LogP contribution in [0.2, 0.25) is 0 Å². The highest BCUT2D eigenvalue weighted by Gasteiger charge is 2.16. The molecule has 2 N–H and O–H groups in total. The van der Waals surface area contributed by atoms with Crippen molar-refractivity contribution in [3.8, 4) is 0 Å². The van der Waals surface area contributed by atoms with E-state index in [1.165, 1.54) is 6.07 Å². The Morgan fingerprint density at radius 1 is 1.33 bits per heavy atom. The fraction of sp³-hybridized carbons (Fsp3) is 0.214. The van der Waals surface area contributed by atoms with E-state index in [1.807, 2.05) is 13.0 Å². The fourth-order valence-electron chi connectivity index (χ4n) is 1.96. The molecular formula is C14H14BrFN2. The number of hydrogen-bond acceptors (Lipinski definition) is 2. The van der Waals surface area contributed by atoms with Crippen molar-refractivity contribution in [1.82, 2.24) is 4.98 Å². The molecule has 2 rings (SSSR count). The number of halogens is 2. The first-order valence-electron chi connectivity index (χ1n) is 5.76. The van der Waals surface area contributed by atoms with Crippen molar-refractivity contribution < 1.29 is 4.39 Å². The van der Waals surface area contributed by atoms with Crippen LogP contribution >= 0.6 is 15.9 Å². The third-order valence-corrected chi connectivity index (χ3v) is 3.44. The minimum Gasteiger partial charge on any atom is -0.320 e. The largest absolute Gasteiger partial charge is 0.320 e. The average Bonchev–Trinajstić information content (AvgIpc) is 2.40. The first-order valence-corrected chi connectivity index (χ1v) is 6.56. The Labute approximate surface area is 114 Å². The van der Waals surface area contributed by atoms with Gasteiger partial charge < -0.3 is 5.73 Å². The van der Waals surface area contributed by atoms with E-state index in [-0.39, 0.29) is 5.82 Å². The molecule has 1 heterocycles. The molecular weight excluding hydrogens is 295 g/mol. The molecule has 4 heteroatoms. The van der Waals surface area contributed by atoms with Crippen LogP contribution in [0.25, 0.3) is 0 Å². The monoisotopic (exact) mass is 308 g/mol. The van der Waals surface area contributed by atoms with Gasteiger partial charge in [-0.25, -0.2) is 4.39 Å². The summed E-state index contributed by atoms with van der Waals surface area (Å²) in [6, 6.07) is 6.19. The average molecular weight is 309 g/mol. The standard InChI is InChI=1S/C14H14BrFN2/c1-2-9-8-18-6-5-11(9)14(17)12-7-10(15)3-4-13(12)16/h3-8,14H,2,17H2,1H3. The third-order valence-electron chi connectivity index (χ3n) is 2.95. The van der Waals surface area contributed by atoms with Crippen LogP contribution in [0.1, 0.15) is 29.7 Å². The SMILES string of the molecule is CCc1cnccc1C(N)c1cc(Br)ccc1F. The summed E-state index contributed by atoms with van der Waals surface area (Å²) < 4.78 is 14.6. The molecule has 0 amide bonds. The zero-order chi connectivity index (χ0) is 13.1. The molecule has 0 fully saturated rings. The van der Waals surface area contributed by atoms with Gasteiger partial charge in [0.1, 0.15) is 5.82 Å². The number of benzene rings is 1. The Balaban J connectivity index is 2.47. The van der Waals surface area contributed by atoms with Crippen LogP contribution in [0.4, 0.5) is 4.39 Å². The van der Waals surface area contributed by atoms with Gasteiger partial charge in [0, 0.05) is 22.4 Å². The van der Waals surface area contributed by atoms with Crippen molar-refractivity contribution in [2.75, 3.05) is 0 Å².